The Hall–Kier alpha value is -3.77. The van der Waals surface area contributed by atoms with E-state index in [1.165, 1.54) is 13.2 Å². The van der Waals surface area contributed by atoms with Crippen molar-refractivity contribution in [2.45, 2.75) is 63.7 Å². The van der Waals surface area contributed by atoms with Crippen molar-refractivity contribution in [3.63, 3.8) is 0 Å². The summed E-state index contributed by atoms with van der Waals surface area (Å²) in [7, 11) is 1.45. The van der Waals surface area contributed by atoms with Crippen molar-refractivity contribution in [2.75, 3.05) is 31.6 Å². The lowest BCUT2D eigenvalue weighted by Crippen LogP contribution is -2.54. The zero-order valence-corrected chi connectivity index (χ0v) is 25.2. The highest BCUT2D eigenvalue weighted by Gasteiger charge is 2.54. The van der Waals surface area contributed by atoms with Crippen molar-refractivity contribution in [1.82, 2.24) is 35.7 Å². The van der Waals surface area contributed by atoms with Crippen LogP contribution in [0, 0.1) is 11.7 Å². The zero-order valence-electron chi connectivity index (χ0n) is 24.5. The van der Waals surface area contributed by atoms with Crippen molar-refractivity contribution >= 4 is 29.1 Å². The number of rotatable bonds is 7. The number of carbonyl (C=O) groups excluding carboxylic acids is 2. The summed E-state index contributed by atoms with van der Waals surface area (Å²) in [6.07, 6.45) is 5.66. The van der Waals surface area contributed by atoms with Crippen LogP contribution in [0.2, 0.25) is 5.02 Å². The third-order valence-corrected chi connectivity index (χ3v) is 9.05. The maximum atomic E-state index is 14.4. The first-order chi connectivity index (χ1) is 20.7. The van der Waals surface area contributed by atoms with E-state index >= 15 is 0 Å². The predicted octanol–water partition coefficient (Wildman–Crippen LogP) is 3.56. The fourth-order valence-corrected chi connectivity index (χ4v) is 6.64. The number of likely N-dealkylation sites (tertiary alicyclic amines) is 1. The SMILES string of the molecule is COc1cc(-c2cc(C(=O)N3CC[C@H](C(=O)NCc4ncc(N5CC(C)NC(C)C5)cc4Cl)CC34CC4)n[nH]2)c(F)cn1. The maximum absolute atomic E-state index is 14.4. The number of halogens is 2. The van der Waals surface area contributed by atoms with Gasteiger partial charge in [-0.05, 0) is 51.7 Å². The smallest absolute Gasteiger partial charge is 0.274 e. The van der Waals surface area contributed by atoms with Gasteiger partial charge in [0.1, 0.15) is 0 Å². The van der Waals surface area contributed by atoms with Crippen LogP contribution in [0.15, 0.2) is 30.6 Å². The number of anilines is 1. The molecule has 11 nitrogen and oxygen atoms in total. The van der Waals surface area contributed by atoms with Crippen LogP contribution < -0.4 is 20.3 Å². The van der Waals surface area contributed by atoms with Crippen molar-refractivity contribution in [3.05, 3.63) is 52.8 Å². The molecule has 1 spiro atoms. The number of methoxy groups -OCH3 is 1. The molecule has 228 valence electrons. The van der Waals surface area contributed by atoms with Crippen LogP contribution in [0.4, 0.5) is 10.1 Å². The van der Waals surface area contributed by atoms with Crippen molar-refractivity contribution in [1.29, 1.82) is 0 Å². The molecule has 0 aromatic carbocycles. The minimum Gasteiger partial charge on any atom is -0.481 e. The highest BCUT2D eigenvalue weighted by atomic mass is 35.5. The van der Waals surface area contributed by atoms with E-state index in [0.29, 0.717) is 47.9 Å². The summed E-state index contributed by atoms with van der Waals surface area (Å²) in [4.78, 5) is 39.2. The lowest BCUT2D eigenvalue weighted by Gasteiger charge is -2.39. The summed E-state index contributed by atoms with van der Waals surface area (Å²) >= 11 is 6.58. The van der Waals surface area contributed by atoms with Gasteiger partial charge in [-0.25, -0.2) is 9.37 Å². The molecule has 1 saturated carbocycles. The second-order valence-electron chi connectivity index (χ2n) is 12.0. The molecule has 3 atom stereocenters. The number of carbonyl (C=O) groups is 2. The highest BCUT2D eigenvalue weighted by Crippen LogP contribution is 2.50. The number of amides is 2. The molecule has 3 aliphatic rings. The minimum atomic E-state index is -0.551. The number of piperazine rings is 1. The number of hydrogen-bond donors (Lipinski definition) is 3. The van der Waals surface area contributed by atoms with Crippen LogP contribution in [-0.2, 0) is 11.3 Å². The van der Waals surface area contributed by atoms with Gasteiger partial charge in [0.25, 0.3) is 5.91 Å². The summed E-state index contributed by atoms with van der Waals surface area (Å²) in [5.74, 6) is -0.809. The standard InChI is InChI=1S/C30H36ClFN8O3/c1-17-15-39(16-18(2)36-17)20-8-22(31)26(33-12-20)14-35-28(41)19-4-7-40(30(11-19)5-6-30)29(42)25-10-24(37-38-25)21-9-27(43-3)34-13-23(21)32/h8-10,12-13,17-19,36H,4-7,11,14-16H2,1-3H3,(H,35,41)(H,37,38)/t17?,18?,19-/m0/s1. The molecule has 3 fully saturated rings. The van der Waals surface area contributed by atoms with Crippen LogP contribution in [0.25, 0.3) is 11.3 Å². The van der Waals surface area contributed by atoms with Crippen LogP contribution in [0.5, 0.6) is 5.88 Å². The first kappa shape index (κ1) is 29.3. The van der Waals surface area contributed by atoms with Crippen LogP contribution >= 0.6 is 11.6 Å². The summed E-state index contributed by atoms with van der Waals surface area (Å²) in [6.45, 7) is 6.74. The Morgan fingerprint density at radius 3 is 2.63 bits per heavy atom. The van der Waals surface area contributed by atoms with E-state index in [4.69, 9.17) is 16.3 Å². The fraction of sp³-hybridized carbons (Fsp3) is 0.500. The first-order valence-electron chi connectivity index (χ1n) is 14.7. The largest absolute Gasteiger partial charge is 0.481 e. The lowest BCUT2D eigenvalue weighted by atomic mass is 9.88. The quantitative estimate of drug-likeness (QED) is 0.371. The van der Waals surface area contributed by atoms with Gasteiger partial charge >= 0.3 is 0 Å². The van der Waals surface area contributed by atoms with Gasteiger partial charge in [-0.1, -0.05) is 11.6 Å². The molecule has 13 heteroatoms. The predicted molar refractivity (Wildman–Crippen MR) is 159 cm³/mol. The topological polar surface area (TPSA) is 128 Å². The summed E-state index contributed by atoms with van der Waals surface area (Å²) in [5.41, 5.74) is 2.01. The minimum absolute atomic E-state index is 0.0609. The van der Waals surface area contributed by atoms with Crippen LogP contribution in [-0.4, -0.2) is 81.2 Å². The van der Waals surface area contributed by atoms with Gasteiger partial charge in [0.05, 0.1) is 48.1 Å². The number of ether oxygens (including phenoxy) is 1. The lowest BCUT2D eigenvalue weighted by molar-refractivity contribution is -0.127. The Labute approximate surface area is 254 Å². The zero-order chi connectivity index (χ0) is 30.3. The fourth-order valence-electron chi connectivity index (χ4n) is 6.41. The molecule has 2 saturated heterocycles. The van der Waals surface area contributed by atoms with Gasteiger partial charge in [-0.3, -0.25) is 19.7 Å². The monoisotopic (exact) mass is 610 g/mol. The number of pyridine rings is 2. The third kappa shape index (κ3) is 6.03. The highest BCUT2D eigenvalue weighted by molar-refractivity contribution is 6.31. The number of piperidine rings is 1. The summed E-state index contributed by atoms with van der Waals surface area (Å²) in [5, 5.41) is 14.0. The number of H-pyrrole nitrogens is 1. The molecule has 3 N–H and O–H groups in total. The van der Waals surface area contributed by atoms with Gasteiger partial charge in [0.15, 0.2) is 11.5 Å². The normalized spacial score (nSPS) is 22.9. The Morgan fingerprint density at radius 2 is 1.93 bits per heavy atom. The summed E-state index contributed by atoms with van der Waals surface area (Å²) in [6, 6.07) is 5.66. The second-order valence-corrected chi connectivity index (χ2v) is 12.4. The molecule has 6 rings (SSSR count). The van der Waals surface area contributed by atoms with E-state index in [2.05, 4.69) is 49.5 Å². The average molecular weight is 611 g/mol. The Morgan fingerprint density at radius 1 is 1.16 bits per heavy atom. The molecule has 1 aliphatic carbocycles. The van der Waals surface area contributed by atoms with E-state index in [1.807, 2.05) is 17.2 Å². The third-order valence-electron chi connectivity index (χ3n) is 8.73. The number of nitrogens with one attached hydrogen (secondary N) is 3. The van der Waals surface area contributed by atoms with E-state index in [1.54, 1.807) is 6.07 Å². The molecule has 2 aliphatic heterocycles. The molecule has 0 bridgehead atoms. The van der Waals surface area contributed by atoms with Gasteiger partial charge in [0.2, 0.25) is 11.8 Å². The molecular formula is C30H36ClFN8O3. The molecular weight excluding hydrogens is 575 g/mol. The van der Waals surface area contributed by atoms with E-state index in [9.17, 15) is 14.0 Å². The molecule has 2 amide bonds. The molecule has 5 heterocycles. The maximum Gasteiger partial charge on any atom is 0.274 e. The molecule has 3 aromatic heterocycles. The average Bonchev–Trinajstić information content (AvgIpc) is 3.56. The summed E-state index contributed by atoms with van der Waals surface area (Å²) < 4.78 is 19.5. The van der Waals surface area contributed by atoms with Crippen molar-refractivity contribution in [2.24, 2.45) is 5.92 Å². The molecule has 3 aromatic rings. The number of hydrogen-bond acceptors (Lipinski definition) is 8. The van der Waals surface area contributed by atoms with Gasteiger partial charge in [-0.15, -0.1) is 0 Å². The first-order valence-corrected chi connectivity index (χ1v) is 15.0. The molecule has 43 heavy (non-hydrogen) atoms. The van der Waals surface area contributed by atoms with E-state index in [0.717, 1.165) is 37.8 Å². The number of aromatic nitrogens is 4. The van der Waals surface area contributed by atoms with Crippen molar-refractivity contribution in [3.8, 4) is 17.1 Å². The van der Waals surface area contributed by atoms with Gasteiger partial charge < -0.3 is 25.2 Å². The van der Waals surface area contributed by atoms with E-state index in [-0.39, 0.29) is 47.0 Å². The van der Waals surface area contributed by atoms with Gasteiger partial charge in [0, 0.05) is 54.8 Å². The van der Waals surface area contributed by atoms with Crippen LogP contribution in [0.3, 0.4) is 0 Å². The van der Waals surface area contributed by atoms with Gasteiger partial charge in [-0.2, -0.15) is 5.10 Å². The number of nitrogens with zero attached hydrogens (tertiary/aromatic N) is 5. The Balaban J connectivity index is 1.06. The molecule has 0 radical (unpaired) electrons. The second kappa shape index (κ2) is 11.7. The Kier molecular flexibility index (Phi) is 7.99. The molecule has 2 unspecified atom stereocenters. The van der Waals surface area contributed by atoms with E-state index < -0.39 is 5.82 Å². The number of aromatic amines is 1. The van der Waals surface area contributed by atoms with Crippen molar-refractivity contribution < 1.29 is 18.7 Å². The Bertz CT molecular complexity index is 1520. The van der Waals surface area contributed by atoms with Crippen LogP contribution in [0.1, 0.15) is 55.7 Å².